The number of nitrogens with two attached hydrogens (primary N) is 1. The molecule has 6 heteroatoms. The second-order valence-corrected chi connectivity index (χ2v) is 4.04. The zero-order valence-electron chi connectivity index (χ0n) is 11.2. The maximum Gasteiger partial charge on any atom is 0.168 e. The van der Waals surface area contributed by atoms with Gasteiger partial charge in [0.2, 0.25) is 0 Å². The summed E-state index contributed by atoms with van der Waals surface area (Å²) in [4.78, 5) is 0. The van der Waals surface area contributed by atoms with Crippen molar-refractivity contribution >= 4 is 5.82 Å². The number of aromatic nitrogens is 3. The molecule has 0 amide bonds. The lowest BCUT2D eigenvalue weighted by Gasteiger charge is -2.08. The third kappa shape index (κ3) is 3.37. The summed E-state index contributed by atoms with van der Waals surface area (Å²) in [5, 5.41) is 7.72. The van der Waals surface area contributed by atoms with Crippen molar-refractivity contribution in [2.45, 2.75) is 20.4 Å². The van der Waals surface area contributed by atoms with Gasteiger partial charge in [0.05, 0.1) is 18.8 Å². The molecule has 2 aromatic rings. The molecule has 6 nitrogen and oxygen atoms in total. The zero-order chi connectivity index (χ0) is 13.7. The predicted octanol–water partition coefficient (Wildman–Crippen LogP) is 1.65. The smallest absolute Gasteiger partial charge is 0.168 e. The summed E-state index contributed by atoms with van der Waals surface area (Å²) in [7, 11) is 0. The summed E-state index contributed by atoms with van der Waals surface area (Å²) in [6, 6.07) is 7.54. The lowest BCUT2D eigenvalue weighted by molar-refractivity contribution is 0.287. The van der Waals surface area contributed by atoms with Crippen molar-refractivity contribution in [2.75, 3.05) is 18.9 Å². The van der Waals surface area contributed by atoms with Gasteiger partial charge in [-0.25, -0.2) is 4.68 Å². The van der Waals surface area contributed by atoms with Crippen LogP contribution >= 0.6 is 0 Å². The maximum absolute atomic E-state index is 5.62. The van der Waals surface area contributed by atoms with Crippen molar-refractivity contribution in [2.24, 2.45) is 0 Å². The van der Waals surface area contributed by atoms with E-state index in [0.717, 1.165) is 17.2 Å². The Kier molecular flexibility index (Phi) is 4.22. The highest BCUT2D eigenvalue weighted by Crippen LogP contribution is 2.17. The molecule has 0 aliphatic heterocycles. The van der Waals surface area contributed by atoms with Crippen molar-refractivity contribution < 1.29 is 9.47 Å². The third-order valence-electron chi connectivity index (χ3n) is 2.72. The second-order valence-electron chi connectivity index (χ2n) is 4.04. The molecule has 2 N–H and O–H groups in total. The van der Waals surface area contributed by atoms with E-state index in [1.807, 2.05) is 38.1 Å². The Hall–Kier alpha value is -2.24. The molecule has 1 aromatic carbocycles. The van der Waals surface area contributed by atoms with Gasteiger partial charge in [-0.2, -0.15) is 0 Å². The molecular formula is C13H18N4O2. The minimum absolute atomic E-state index is 0.459. The van der Waals surface area contributed by atoms with Crippen LogP contribution in [0.2, 0.25) is 0 Å². The number of anilines is 1. The summed E-state index contributed by atoms with van der Waals surface area (Å²) >= 11 is 0. The first-order valence-corrected chi connectivity index (χ1v) is 6.22. The lowest BCUT2D eigenvalue weighted by Crippen LogP contribution is -2.11. The number of ether oxygens (including phenoxy) is 2. The Morgan fingerprint density at radius 3 is 2.32 bits per heavy atom. The van der Waals surface area contributed by atoms with Crippen molar-refractivity contribution in [3.63, 3.8) is 0 Å². The summed E-state index contributed by atoms with van der Waals surface area (Å²) < 4.78 is 12.7. The largest absolute Gasteiger partial charge is 0.494 e. The van der Waals surface area contributed by atoms with E-state index in [0.29, 0.717) is 25.6 Å². The van der Waals surface area contributed by atoms with Crippen LogP contribution in [0.25, 0.3) is 0 Å². The van der Waals surface area contributed by atoms with Crippen LogP contribution in [0.1, 0.15) is 12.6 Å². The van der Waals surface area contributed by atoms with Gasteiger partial charge in [0.25, 0.3) is 0 Å². The molecule has 102 valence electrons. The highest BCUT2D eigenvalue weighted by Gasteiger charge is 2.04. The Morgan fingerprint density at radius 1 is 1.16 bits per heavy atom. The van der Waals surface area contributed by atoms with Gasteiger partial charge in [0.15, 0.2) is 5.82 Å². The first-order valence-electron chi connectivity index (χ1n) is 6.22. The van der Waals surface area contributed by atoms with E-state index in [9.17, 15) is 0 Å². The van der Waals surface area contributed by atoms with Gasteiger partial charge in [-0.15, -0.1) is 5.10 Å². The van der Waals surface area contributed by atoms with Crippen LogP contribution in [0.4, 0.5) is 5.82 Å². The SMILES string of the molecule is CCOc1ccc(OCCn2nnc(N)c2C)cc1. The van der Waals surface area contributed by atoms with Crippen molar-refractivity contribution in [1.82, 2.24) is 15.0 Å². The molecule has 0 unspecified atom stereocenters. The molecule has 0 fully saturated rings. The number of nitrogens with zero attached hydrogens (tertiary/aromatic N) is 3. The Morgan fingerprint density at radius 2 is 1.79 bits per heavy atom. The van der Waals surface area contributed by atoms with E-state index in [4.69, 9.17) is 15.2 Å². The van der Waals surface area contributed by atoms with Gasteiger partial charge in [-0.05, 0) is 38.1 Å². The Labute approximate surface area is 112 Å². The number of hydrogen-bond donors (Lipinski definition) is 1. The van der Waals surface area contributed by atoms with Gasteiger partial charge < -0.3 is 15.2 Å². The van der Waals surface area contributed by atoms with Crippen molar-refractivity contribution in [1.29, 1.82) is 0 Å². The minimum atomic E-state index is 0.459. The second kappa shape index (κ2) is 6.08. The first-order chi connectivity index (χ1) is 9.20. The maximum atomic E-state index is 5.62. The summed E-state index contributed by atoms with van der Waals surface area (Å²) in [5.74, 6) is 2.10. The molecule has 0 saturated carbocycles. The minimum Gasteiger partial charge on any atom is -0.494 e. The molecule has 0 aliphatic rings. The molecule has 0 atom stereocenters. The van der Waals surface area contributed by atoms with Gasteiger partial charge in [0.1, 0.15) is 18.1 Å². The fourth-order valence-corrected chi connectivity index (χ4v) is 1.63. The highest BCUT2D eigenvalue weighted by molar-refractivity contribution is 5.32. The molecular weight excluding hydrogens is 244 g/mol. The molecule has 0 aliphatic carbocycles. The van der Waals surface area contributed by atoms with Crippen LogP contribution < -0.4 is 15.2 Å². The molecule has 0 bridgehead atoms. The first kappa shape index (κ1) is 13.2. The van der Waals surface area contributed by atoms with Crippen LogP contribution in [-0.2, 0) is 6.54 Å². The number of hydrogen-bond acceptors (Lipinski definition) is 5. The molecule has 1 aromatic heterocycles. The molecule has 0 saturated heterocycles. The predicted molar refractivity (Wildman–Crippen MR) is 72.3 cm³/mol. The normalized spacial score (nSPS) is 10.4. The zero-order valence-corrected chi connectivity index (χ0v) is 11.2. The monoisotopic (exact) mass is 262 g/mol. The van der Waals surface area contributed by atoms with Gasteiger partial charge >= 0.3 is 0 Å². The quantitative estimate of drug-likeness (QED) is 0.856. The van der Waals surface area contributed by atoms with Crippen LogP contribution in [0.3, 0.4) is 0 Å². The van der Waals surface area contributed by atoms with Crippen LogP contribution in [0.15, 0.2) is 24.3 Å². The summed E-state index contributed by atoms with van der Waals surface area (Å²) in [6.45, 7) is 5.62. The van der Waals surface area contributed by atoms with Gasteiger partial charge in [-0.3, -0.25) is 0 Å². The standard InChI is InChI=1S/C13H18N4O2/c1-3-18-11-4-6-12(7-5-11)19-9-8-17-10(2)13(14)15-16-17/h4-7H,3,8-9,14H2,1-2H3. The van der Waals surface area contributed by atoms with E-state index < -0.39 is 0 Å². The Balaban J connectivity index is 1.84. The van der Waals surface area contributed by atoms with Crippen molar-refractivity contribution in [3.05, 3.63) is 30.0 Å². The van der Waals surface area contributed by atoms with Gasteiger partial charge in [-0.1, -0.05) is 5.21 Å². The highest BCUT2D eigenvalue weighted by atomic mass is 16.5. The van der Waals surface area contributed by atoms with Crippen LogP contribution in [0, 0.1) is 6.92 Å². The molecule has 2 rings (SSSR count). The van der Waals surface area contributed by atoms with Crippen LogP contribution in [0.5, 0.6) is 11.5 Å². The van der Waals surface area contributed by atoms with Gasteiger partial charge in [0, 0.05) is 0 Å². The molecule has 1 heterocycles. The Bertz CT molecular complexity index is 522. The van der Waals surface area contributed by atoms with E-state index in [2.05, 4.69) is 10.3 Å². The molecule has 0 spiro atoms. The third-order valence-corrected chi connectivity index (χ3v) is 2.72. The van der Waals surface area contributed by atoms with Crippen LogP contribution in [-0.4, -0.2) is 28.2 Å². The van der Waals surface area contributed by atoms with E-state index >= 15 is 0 Å². The topological polar surface area (TPSA) is 75.2 Å². The lowest BCUT2D eigenvalue weighted by atomic mass is 10.3. The summed E-state index contributed by atoms with van der Waals surface area (Å²) in [6.07, 6.45) is 0. The average molecular weight is 262 g/mol. The number of rotatable bonds is 6. The average Bonchev–Trinajstić information content (AvgIpc) is 2.73. The summed E-state index contributed by atoms with van der Waals surface area (Å²) in [5.41, 5.74) is 6.48. The molecule has 0 radical (unpaired) electrons. The van der Waals surface area contributed by atoms with Crippen molar-refractivity contribution in [3.8, 4) is 11.5 Å². The number of nitrogen functional groups attached to an aromatic ring is 1. The van der Waals surface area contributed by atoms with E-state index in [1.165, 1.54) is 0 Å². The van der Waals surface area contributed by atoms with E-state index in [-0.39, 0.29) is 0 Å². The fourth-order valence-electron chi connectivity index (χ4n) is 1.63. The fraction of sp³-hybridized carbons (Fsp3) is 0.385. The number of benzene rings is 1. The van der Waals surface area contributed by atoms with E-state index in [1.54, 1.807) is 4.68 Å². The molecule has 19 heavy (non-hydrogen) atoms.